The molecule has 1 fully saturated rings. The fourth-order valence-corrected chi connectivity index (χ4v) is 2.20. The SMILES string of the molecule is COC(=O)C1CC2C=CC1C2.ClCCl. The van der Waals surface area contributed by atoms with Crippen LogP contribution < -0.4 is 0 Å². The largest absolute Gasteiger partial charge is 0.469 e. The van der Waals surface area contributed by atoms with Crippen LogP contribution in [-0.2, 0) is 9.53 Å². The summed E-state index contributed by atoms with van der Waals surface area (Å²) in [6.07, 6.45) is 6.56. The molecule has 2 nitrogen and oxygen atoms in total. The Bertz CT molecular complexity index is 228. The lowest BCUT2D eigenvalue weighted by atomic mass is 9.94. The zero-order valence-electron chi connectivity index (χ0n) is 8.08. The van der Waals surface area contributed by atoms with E-state index < -0.39 is 0 Å². The van der Waals surface area contributed by atoms with Gasteiger partial charge < -0.3 is 4.74 Å². The number of esters is 1. The molecule has 0 aromatic carbocycles. The van der Waals surface area contributed by atoms with Crippen molar-refractivity contribution in [2.75, 3.05) is 12.4 Å². The van der Waals surface area contributed by atoms with Crippen molar-refractivity contribution in [1.29, 1.82) is 0 Å². The van der Waals surface area contributed by atoms with Gasteiger partial charge >= 0.3 is 5.97 Å². The maximum Gasteiger partial charge on any atom is 0.309 e. The molecule has 4 heteroatoms. The highest BCUT2D eigenvalue weighted by molar-refractivity contribution is 6.40. The van der Waals surface area contributed by atoms with E-state index in [1.807, 2.05) is 0 Å². The lowest BCUT2D eigenvalue weighted by Crippen LogP contribution is -2.19. The number of fused-ring (bicyclic) bond motifs is 2. The van der Waals surface area contributed by atoms with E-state index in [0.29, 0.717) is 11.8 Å². The Kier molecular flexibility index (Phi) is 4.76. The highest BCUT2D eigenvalue weighted by atomic mass is 35.5. The Hall–Kier alpha value is -0.210. The average molecular weight is 237 g/mol. The van der Waals surface area contributed by atoms with Crippen molar-refractivity contribution in [1.82, 2.24) is 0 Å². The number of allylic oxidation sites excluding steroid dienone is 2. The zero-order chi connectivity index (χ0) is 10.6. The minimum atomic E-state index is -0.0261. The average Bonchev–Trinajstić information content (AvgIpc) is 2.78. The quantitative estimate of drug-likeness (QED) is 0.398. The van der Waals surface area contributed by atoms with Gasteiger partial charge in [0.1, 0.15) is 0 Å². The van der Waals surface area contributed by atoms with Crippen LogP contribution in [-0.4, -0.2) is 18.4 Å². The molecule has 3 atom stereocenters. The summed E-state index contributed by atoms with van der Waals surface area (Å²) in [6, 6.07) is 0. The monoisotopic (exact) mass is 236 g/mol. The summed E-state index contributed by atoms with van der Waals surface area (Å²) in [7, 11) is 1.47. The number of ether oxygens (including phenoxy) is 1. The first kappa shape index (κ1) is 11.9. The van der Waals surface area contributed by atoms with Crippen molar-refractivity contribution in [3.63, 3.8) is 0 Å². The first-order valence-corrected chi connectivity index (χ1v) is 5.68. The van der Waals surface area contributed by atoms with Crippen LogP contribution in [0.15, 0.2) is 12.2 Å². The molecule has 0 aromatic heterocycles. The van der Waals surface area contributed by atoms with Crippen LogP contribution in [0, 0.1) is 17.8 Å². The van der Waals surface area contributed by atoms with Crippen LogP contribution in [0.25, 0.3) is 0 Å². The van der Waals surface area contributed by atoms with Crippen molar-refractivity contribution in [3.05, 3.63) is 12.2 Å². The van der Waals surface area contributed by atoms with E-state index in [4.69, 9.17) is 27.9 Å². The number of hydrogen-bond acceptors (Lipinski definition) is 2. The number of carbonyl (C=O) groups excluding carboxylic acids is 1. The number of halogens is 2. The predicted octanol–water partition coefficient (Wildman–Crippen LogP) is 2.79. The molecule has 0 N–H and O–H groups in total. The van der Waals surface area contributed by atoms with Crippen molar-refractivity contribution >= 4 is 29.2 Å². The molecular formula is C10H14Cl2O2. The summed E-state index contributed by atoms with van der Waals surface area (Å²) in [6.45, 7) is 0. The maximum atomic E-state index is 11.1. The first-order valence-electron chi connectivity index (χ1n) is 4.61. The standard InChI is InChI=1S/C9H12O2.CH2Cl2/c1-11-9(10)8-5-6-2-3-7(8)4-6;2-1-3/h2-3,6-8H,4-5H2,1H3;1H2. The van der Waals surface area contributed by atoms with Crippen molar-refractivity contribution in [2.45, 2.75) is 12.8 Å². The Balaban J connectivity index is 0.000000293. The molecule has 2 rings (SSSR count). The molecule has 2 aliphatic rings. The molecule has 0 amide bonds. The van der Waals surface area contributed by atoms with Gasteiger partial charge in [0, 0.05) is 0 Å². The molecule has 0 radical (unpaired) electrons. The number of carbonyl (C=O) groups is 1. The van der Waals surface area contributed by atoms with Crippen LogP contribution in [0.2, 0.25) is 0 Å². The third-order valence-corrected chi connectivity index (χ3v) is 2.78. The van der Waals surface area contributed by atoms with E-state index in [1.54, 1.807) is 0 Å². The summed E-state index contributed by atoms with van der Waals surface area (Å²) in [4.78, 5) is 11.1. The third-order valence-electron chi connectivity index (χ3n) is 2.78. The summed E-state index contributed by atoms with van der Waals surface area (Å²) in [5.41, 5.74) is 0. The maximum absolute atomic E-state index is 11.1. The number of alkyl halides is 2. The second-order valence-corrected chi connectivity index (χ2v) is 4.32. The Morgan fingerprint density at radius 2 is 2.07 bits per heavy atom. The summed E-state index contributed by atoms with van der Waals surface area (Å²) >= 11 is 9.53. The molecule has 1 saturated carbocycles. The molecule has 14 heavy (non-hydrogen) atoms. The van der Waals surface area contributed by atoms with E-state index in [0.717, 1.165) is 6.42 Å². The molecule has 80 valence electrons. The van der Waals surface area contributed by atoms with Crippen LogP contribution in [0.3, 0.4) is 0 Å². The molecule has 0 spiro atoms. The molecule has 2 bridgehead atoms. The Labute approximate surface area is 94.2 Å². The molecule has 0 saturated heterocycles. The van der Waals surface area contributed by atoms with Gasteiger partial charge in [0.2, 0.25) is 0 Å². The Morgan fingerprint density at radius 1 is 1.43 bits per heavy atom. The minimum Gasteiger partial charge on any atom is -0.469 e. The van der Waals surface area contributed by atoms with Crippen LogP contribution in [0.5, 0.6) is 0 Å². The van der Waals surface area contributed by atoms with Gasteiger partial charge in [0.05, 0.1) is 18.4 Å². The fourth-order valence-electron chi connectivity index (χ4n) is 2.20. The van der Waals surface area contributed by atoms with E-state index in [9.17, 15) is 4.79 Å². The highest BCUT2D eigenvalue weighted by Crippen LogP contribution is 2.43. The van der Waals surface area contributed by atoms with Crippen molar-refractivity contribution < 1.29 is 9.53 Å². The van der Waals surface area contributed by atoms with E-state index in [2.05, 4.69) is 12.2 Å². The zero-order valence-corrected chi connectivity index (χ0v) is 9.59. The Morgan fingerprint density at radius 3 is 2.43 bits per heavy atom. The number of methoxy groups -OCH3 is 1. The lowest BCUT2D eigenvalue weighted by molar-refractivity contribution is -0.146. The minimum absolute atomic E-state index is 0.0261. The van der Waals surface area contributed by atoms with E-state index in [-0.39, 0.29) is 17.2 Å². The van der Waals surface area contributed by atoms with Crippen LogP contribution in [0.4, 0.5) is 0 Å². The third kappa shape index (κ3) is 2.64. The number of hydrogen-bond donors (Lipinski definition) is 0. The molecule has 0 aliphatic heterocycles. The van der Waals surface area contributed by atoms with Crippen LogP contribution in [0.1, 0.15) is 12.8 Å². The molecule has 0 heterocycles. The number of rotatable bonds is 1. The topological polar surface area (TPSA) is 26.3 Å². The van der Waals surface area contributed by atoms with Gasteiger partial charge in [0.25, 0.3) is 0 Å². The molecule has 2 aliphatic carbocycles. The second-order valence-electron chi connectivity index (χ2n) is 3.51. The molecule has 0 aromatic rings. The van der Waals surface area contributed by atoms with Gasteiger partial charge in [-0.1, -0.05) is 12.2 Å². The van der Waals surface area contributed by atoms with Gasteiger partial charge in [-0.15, -0.1) is 23.2 Å². The summed E-state index contributed by atoms with van der Waals surface area (Å²) in [5, 5.41) is 0.194. The van der Waals surface area contributed by atoms with Gasteiger partial charge in [0.15, 0.2) is 0 Å². The first-order chi connectivity index (χ1) is 6.72. The molecule has 3 unspecified atom stereocenters. The fraction of sp³-hybridized carbons (Fsp3) is 0.700. The van der Waals surface area contributed by atoms with E-state index in [1.165, 1.54) is 13.5 Å². The van der Waals surface area contributed by atoms with Gasteiger partial charge in [-0.05, 0) is 24.7 Å². The molecular weight excluding hydrogens is 223 g/mol. The highest BCUT2D eigenvalue weighted by Gasteiger charge is 2.40. The predicted molar refractivity (Wildman–Crippen MR) is 57.4 cm³/mol. The second kappa shape index (κ2) is 5.62. The van der Waals surface area contributed by atoms with Gasteiger partial charge in [-0.3, -0.25) is 4.79 Å². The van der Waals surface area contributed by atoms with Crippen molar-refractivity contribution in [3.8, 4) is 0 Å². The van der Waals surface area contributed by atoms with E-state index >= 15 is 0 Å². The van der Waals surface area contributed by atoms with Crippen LogP contribution >= 0.6 is 23.2 Å². The summed E-state index contributed by atoms with van der Waals surface area (Å²) in [5.74, 6) is 1.27. The van der Waals surface area contributed by atoms with Gasteiger partial charge in [-0.25, -0.2) is 0 Å². The summed E-state index contributed by atoms with van der Waals surface area (Å²) < 4.78 is 4.71. The van der Waals surface area contributed by atoms with Gasteiger partial charge in [-0.2, -0.15) is 0 Å². The smallest absolute Gasteiger partial charge is 0.309 e. The normalized spacial score (nSPS) is 32.4. The van der Waals surface area contributed by atoms with Crippen molar-refractivity contribution in [2.24, 2.45) is 17.8 Å². The lowest BCUT2D eigenvalue weighted by Gasteiger charge is -2.14.